The van der Waals surface area contributed by atoms with E-state index in [0.29, 0.717) is 0 Å². The number of carbonyl (C=O) groups excluding carboxylic acids is 1. The van der Waals surface area contributed by atoms with Crippen LogP contribution < -0.4 is 5.51 Å². The van der Waals surface area contributed by atoms with Crippen LogP contribution in [0.1, 0.15) is 0 Å². The van der Waals surface area contributed by atoms with Gasteiger partial charge in [0, 0.05) is 0 Å². The maximum Gasteiger partial charge on any atom is 0.517 e. The zero-order valence-corrected chi connectivity index (χ0v) is 6.67. The predicted molar refractivity (Wildman–Crippen MR) is 26.4 cm³/mol. The fourth-order valence-corrected chi connectivity index (χ4v) is 0.426. The van der Waals surface area contributed by atoms with Crippen molar-refractivity contribution in [2.45, 2.75) is 18.0 Å². The molecule has 0 amide bonds. The topological polar surface area (TPSA) is 32.2 Å². The molecule has 0 aliphatic rings. The highest BCUT2D eigenvalue weighted by molar-refractivity contribution is 5.78. The first-order valence-electron chi connectivity index (χ1n) is 3.00. The van der Waals surface area contributed by atoms with Crippen molar-refractivity contribution in [3.05, 3.63) is 0 Å². The van der Waals surface area contributed by atoms with Crippen LogP contribution in [0.2, 0.25) is 0 Å². The molecule has 16 heavy (non-hydrogen) atoms. The summed E-state index contributed by atoms with van der Waals surface area (Å²) in [5, 5.41) is 0. The Hall–Kier alpha value is -1.20. The van der Waals surface area contributed by atoms with Crippen LogP contribution in [0.25, 0.3) is 0 Å². The van der Waals surface area contributed by atoms with Gasteiger partial charge in [-0.1, -0.05) is 0 Å². The number of carbonyl (C=O) groups is 1. The summed E-state index contributed by atoms with van der Waals surface area (Å²) in [7, 11) is 0. The van der Waals surface area contributed by atoms with E-state index in [1.807, 2.05) is 0 Å². The Morgan fingerprint density at radius 1 is 0.938 bits per heavy atom. The molecule has 3 nitrogen and oxygen atoms in total. The van der Waals surface area contributed by atoms with Crippen molar-refractivity contribution in [3.8, 4) is 0 Å². The second-order valence-electron chi connectivity index (χ2n) is 2.23. The Morgan fingerprint density at radius 3 is 1.56 bits per heavy atom. The van der Waals surface area contributed by atoms with E-state index in [1.165, 1.54) is 0 Å². The predicted octanol–water partition coefficient (Wildman–Crippen LogP) is 2.19. The lowest BCUT2D eigenvalue weighted by Crippen LogP contribution is -2.57. The quantitative estimate of drug-likeness (QED) is 0.445. The van der Waals surface area contributed by atoms with Gasteiger partial charge in [0.15, 0.2) is 8.96 Å². The standard InChI is InChI=1S/C4F9NO2/c5-2(6,1(15)16-14(12)13)3(7,8)4(9,10)11/q+1. The molecule has 0 aromatic heterocycles. The zero-order valence-electron chi connectivity index (χ0n) is 6.67. The van der Waals surface area contributed by atoms with Crippen molar-refractivity contribution >= 4 is 5.97 Å². The molecule has 0 aliphatic heterocycles. The molecule has 0 aliphatic carbocycles. The van der Waals surface area contributed by atoms with Gasteiger partial charge in [-0.25, -0.2) is 4.79 Å². The normalized spacial score (nSPS) is 14.1. The lowest BCUT2D eigenvalue weighted by atomic mass is 10.1. The van der Waals surface area contributed by atoms with Gasteiger partial charge in [-0.05, 0) is 0 Å². The SMILES string of the molecule is O=C(O[N+](F)F)C(F)(F)C(F)(F)C(F)(F)F. The molecule has 0 saturated carbocycles. The summed E-state index contributed by atoms with van der Waals surface area (Å²) in [5.74, 6) is -17.0. The minimum atomic E-state index is -6.83. The third kappa shape index (κ3) is 2.48. The van der Waals surface area contributed by atoms with Crippen molar-refractivity contribution in [2.24, 2.45) is 0 Å². The maximum atomic E-state index is 12.1. The van der Waals surface area contributed by atoms with E-state index >= 15 is 0 Å². The third-order valence-corrected chi connectivity index (χ3v) is 1.16. The van der Waals surface area contributed by atoms with Gasteiger partial charge >= 0.3 is 29.5 Å². The fraction of sp³-hybridized carbons (Fsp3) is 0.750. The van der Waals surface area contributed by atoms with E-state index in [0.717, 1.165) is 0 Å². The van der Waals surface area contributed by atoms with Crippen molar-refractivity contribution < 1.29 is 49.3 Å². The monoisotopic (exact) mass is 265 g/mol. The minimum absolute atomic E-state index is 2.13. The van der Waals surface area contributed by atoms with Gasteiger partial charge in [-0.3, -0.25) is 0 Å². The maximum absolute atomic E-state index is 12.1. The summed E-state index contributed by atoms with van der Waals surface area (Å²) in [5.41, 5.74) is -2.73. The van der Waals surface area contributed by atoms with E-state index in [1.54, 1.807) is 0 Å². The van der Waals surface area contributed by atoms with Gasteiger partial charge in [0.25, 0.3) is 0 Å². The van der Waals surface area contributed by atoms with E-state index < -0.39 is 29.5 Å². The Balaban J connectivity index is 5.12. The molecule has 95 valence electrons. The van der Waals surface area contributed by atoms with Crippen LogP contribution in [0.5, 0.6) is 0 Å². The Kier molecular flexibility index (Phi) is 3.69. The second kappa shape index (κ2) is 3.99. The van der Waals surface area contributed by atoms with Crippen molar-refractivity contribution in [1.82, 2.24) is 5.51 Å². The van der Waals surface area contributed by atoms with Gasteiger partial charge in [-0.2, -0.15) is 30.7 Å². The molecule has 0 unspecified atom stereocenters. The number of alkyl halides is 7. The van der Waals surface area contributed by atoms with Crippen LogP contribution >= 0.6 is 0 Å². The first-order valence-corrected chi connectivity index (χ1v) is 3.00. The highest BCUT2D eigenvalue weighted by Gasteiger charge is 2.78. The number of halogens is 9. The van der Waals surface area contributed by atoms with Crippen LogP contribution in [-0.4, -0.2) is 24.0 Å². The summed E-state index contributed by atoms with van der Waals surface area (Å²) in [6, 6.07) is 0. The first-order chi connectivity index (χ1) is 6.84. The zero-order chi connectivity index (χ0) is 13.4. The summed E-state index contributed by atoms with van der Waals surface area (Å²) in [6.07, 6.45) is -6.80. The number of rotatable bonds is 3. The summed E-state index contributed by atoms with van der Waals surface area (Å²) in [4.78, 5) is 12.0. The van der Waals surface area contributed by atoms with Crippen LogP contribution in [0.4, 0.5) is 39.7 Å². The molecule has 0 N–H and O–H groups in total. The lowest BCUT2D eigenvalue weighted by Gasteiger charge is -2.24. The molecule has 0 spiro atoms. The Morgan fingerprint density at radius 2 is 1.31 bits per heavy atom. The Labute approximate surface area is 80.2 Å². The largest absolute Gasteiger partial charge is 0.517 e. The summed E-state index contributed by atoms with van der Waals surface area (Å²) >= 11 is 0. The molecular formula is C4F9NO2+. The molecule has 0 saturated heterocycles. The van der Waals surface area contributed by atoms with Gasteiger partial charge in [0.1, 0.15) is 0 Å². The van der Waals surface area contributed by atoms with Crippen LogP contribution in [0.15, 0.2) is 0 Å². The fourth-order valence-electron chi connectivity index (χ4n) is 0.426. The summed E-state index contributed by atoms with van der Waals surface area (Å²) < 4.78 is 104. The van der Waals surface area contributed by atoms with Crippen LogP contribution in [-0.2, 0) is 9.63 Å². The molecule has 12 heteroatoms. The minimum Gasteiger partial charge on any atom is -0.237 e. The van der Waals surface area contributed by atoms with Gasteiger partial charge in [0.2, 0.25) is 0 Å². The Bertz CT molecular complexity index is 271. The highest BCUT2D eigenvalue weighted by Crippen LogP contribution is 2.46. The molecule has 0 rings (SSSR count). The lowest BCUT2D eigenvalue weighted by molar-refractivity contribution is -0.361. The van der Waals surface area contributed by atoms with Crippen LogP contribution in [0, 0.1) is 0 Å². The molecule has 0 heterocycles. The molecular weight excluding hydrogens is 265 g/mol. The van der Waals surface area contributed by atoms with E-state index in [-0.39, 0.29) is 0 Å². The molecule has 0 aromatic rings. The average molecular weight is 265 g/mol. The van der Waals surface area contributed by atoms with Gasteiger partial charge < -0.3 is 0 Å². The van der Waals surface area contributed by atoms with Crippen molar-refractivity contribution in [2.75, 3.05) is 0 Å². The third-order valence-electron chi connectivity index (χ3n) is 1.16. The number of hydrogen-bond donors (Lipinski definition) is 0. The second-order valence-corrected chi connectivity index (χ2v) is 2.23. The first kappa shape index (κ1) is 14.8. The molecule has 1 radical (unpaired) electrons. The molecule has 0 bridgehead atoms. The van der Waals surface area contributed by atoms with E-state index in [4.69, 9.17) is 0 Å². The van der Waals surface area contributed by atoms with Crippen LogP contribution in [0.3, 0.4) is 0 Å². The summed E-state index contributed by atoms with van der Waals surface area (Å²) in [6.45, 7) is 0. The number of hydrogen-bond acceptors (Lipinski definition) is 3. The van der Waals surface area contributed by atoms with E-state index in [2.05, 4.69) is 4.84 Å². The number of nitrogens with zero attached hydrogens (tertiary/aromatic N) is 1. The smallest absolute Gasteiger partial charge is 0.237 e. The van der Waals surface area contributed by atoms with Gasteiger partial charge in [0.05, 0.1) is 0 Å². The molecule has 0 aromatic carbocycles. The average Bonchev–Trinajstić information content (AvgIpc) is 2.00. The molecule has 0 fully saturated rings. The van der Waals surface area contributed by atoms with Crippen molar-refractivity contribution in [3.63, 3.8) is 0 Å². The molecule has 0 atom stereocenters. The highest BCUT2D eigenvalue weighted by atomic mass is 19.4. The van der Waals surface area contributed by atoms with Gasteiger partial charge in [-0.15, -0.1) is 4.84 Å². The van der Waals surface area contributed by atoms with Crippen molar-refractivity contribution in [1.29, 1.82) is 0 Å². The van der Waals surface area contributed by atoms with E-state index in [9.17, 15) is 44.5 Å².